The Morgan fingerprint density at radius 2 is 1.85 bits per heavy atom. The largest absolute Gasteiger partial charge is 0.497 e. The summed E-state index contributed by atoms with van der Waals surface area (Å²) < 4.78 is 13.1. The Hall–Kier alpha value is -3.06. The van der Waals surface area contributed by atoms with Crippen molar-refractivity contribution < 1.29 is 9.15 Å². The lowest BCUT2D eigenvalue weighted by atomic mass is 10.2. The van der Waals surface area contributed by atoms with Gasteiger partial charge in [-0.1, -0.05) is 42.1 Å². The minimum atomic E-state index is 0.501. The van der Waals surface area contributed by atoms with Crippen LogP contribution in [0.1, 0.15) is 11.5 Å². The molecule has 0 N–H and O–H groups in total. The highest BCUT2D eigenvalue weighted by Gasteiger charge is 2.11. The maximum absolute atomic E-state index is 5.78. The number of rotatable bonds is 7. The number of aromatic nitrogens is 4. The summed E-state index contributed by atoms with van der Waals surface area (Å²) in [6, 6.07) is 17.8. The Labute approximate surface area is 161 Å². The number of nitrogens with zero attached hydrogens (tertiary/aromatic N) is 4. The lowest BCUT2D eigenvalue weighted by Crippen LogP contribution is -2.00. The molecule has 7 heteroatoms. The number of benzene rings is 2. The molecule has 0 fully saturated rings. The van der Waals surface area contributed by atoms with E-state index in [1.165, 1.54) is 5.56 Å². The molecule has 0 aliphatic heterocycles. The van der Waals surface area contributed by atoms with Gasteiger partial charge in [0.2, 0.25) is 11.8 Å². The predicted molar refractivity (Wildman–Crippen MR) is 104 cm³/mol. The van der Waals surface area contributed by atoms with E-state index in [9.17, 15) is 0 Å². The van der Waals surface area contributed by atoms with Crippen molar-refractivity contribution in [3.8, 4) is 17.2 Å². The molecule has 0 amide bonds. The Balaban J connectivity index is 1.41. The van der Waals surface area contributed by atoms with Crippen LogP contribution in [0, 0.1) is 0 Å². The smallest absolute Gasteiger partial charge is 0.247 e. The fourth-order valence-electron chi connectivity index (χ4n) is 2.62. The van der Waals surface area contributed by atoms with Crippen molar-refractivity contribution in [3.63, 3.8) is 0 Å². The van der Waals surface area contributed by atoms with Gasteiger partial charge in [0.05, 0.1) is 12.9 Å². The first kappa shape index (κ1) is 17.4. The van der Waals surface area contributed by atoms with Crippen LogP contribution in [0.25, 0.3) is 11.5 Å². The molecule has 27 heavy (non-hydrogen) atoms. The Kier molecular flexibility index (Phi) is 5.20. The van der Waals surface area contributed by atoms with Gasteiger partial charge in [-0.05, 0) is 29.8 Å². The van der Waals surface area contributed by atoms with E-state index in [-0.39, 0.29) is 0 Å². The Morgan fingerprint density at radius 3 is 2.63 bits per heavy atom. The Bertz CT molecular complexity index is 996. The van der Waals surface area contributed by atoms with Crippen LogP contribution in [0.3, 0.4) is 0 Å². The lowest BCUT2D eigenvalue weighted by Gasteiger charge is -2.06. The van der Waals surface area contributed by atoms with E-state index in [0.717, 1.165) is 23.0 Å². The second-order valence-electron chi connectivity index (χ2n) is 5.84. The average Bonchev–Trinajstić information content (AvgIpc) is 3.37. The molecule has 2 heterocycles. The van der Waals surface area contributed by atoms with Crippen LogP contribution in [0.15, 0.2) is 76.6 Å². The van der Waals surface area contributed by atoms with Crippen LogP contribution < -0.4 is 4.74 Å². The van der Waals surface area contributed by atoms with Crippen molar-refractivity contribution in [2.45, 2.75) is 17.5 Å². The third kappa shape index (κ3) is 4.20. The van der Waals surface area contributed by atoms with Gasteiger partial charge in [0.1, 0.15) is 5.75 Å². The maximum Gasteiger partial charge on any atom is 0.247 e. The van der Waals surface area contributed by atoms with Gasteiger partial charge in [-0.2, -0.15) is 0 Å². The molecule has 2 aromatic heterocycles. The van der Waals surface area contributed by atoms with Crippen molar-refractivity contribution in [1.82, 2.24) is 19.7 Å². The normalized spacial score (nSPS) is 10.9. The molecule has 0 atom stereocenters. The second-order valence-corrected chi connectivity index (χ2v) is 6.78. The minimum Gasteiger partial charge on any atom is -0.497 e. The van der Waals surface area contributed by atoms with Crippen LogP contribution in [-0.4, -0.2) is 26.9 Å². The summed E-state index contributed by atoms with van der Waals surface area (Å²) in [5, 5.41) is 9.20. The lowest BCUT2D eigenvalue weighted by molar-refractivity contribution is 0.415. The van der Waals surface area contributed by atoms with Gasteiger partial charge in [0.25, 0.3) is 0 Å². The topological polar surface area (TPSA) is 66.0 Å². The molecule has 4 rings (SSSR count). The molecule has 2 aromatic carbocycles. The highest BCUT2D eigenvalue weighted by atomic mass is 32.2. The first-order chi connectivity index (χ1) is 13.3. The summed E-state index contributed by atoms with van der Waals surface area (Å²) in [6.07, 6.45) is 3.79. The van der Waals surface area contributed by atoms with E-state index in [1.54, 1.807) is 18.9 Å². The predicted octanol–water partition coefficient (Wildman–Crippen LogP) is 4.28. The zero-order valence-electron chi connectivity index (χ0n) is 14.8. The van der Waals surface area contributed by atoms with Crippen molar-refractivity contribution in [2.24, 2.45) is 0 Å². The van der Waals surface area contributed by atoms with Crippen molar-refractivity contribution >= 4 is 11.8 Å². The molecule has 0 aliphatic rings. The zero-order valence-corrected chi connectivity index (χ0v) is 15.6. The van der Waals surface area contributed by atoms with E-state index < -0.39 is 0 Å². The molecule has 6 nitrogen and oxygen atoms in total. The molecule has 0 saturated carbocycles. The van der Waals surface area contributed by atoms with Crippen LogP contribution in [0.2, 0.25) is 0 Å². The van der Waals surface area contributed by atoms with Crippen molar-refractivity contribution in [2.75, 3.05) is 7.11 Å². The molecule has 0 bridgehead atoms. The SMILES string of the molecule is COc1ccc(-c2nnc(CSc3nccn3Cc3ccccc3)o2)cc1. The summed E-state index contributed by atoms with van der Waals surface area (Å²) in [4.78, 5) is 4.43. The average molecular weight is 378 g/mol. The van der Waals surface area contributed by atoms with Gasteiger partial charge in [0.15, 0.2) is 5.16 Å². The number of thioether (sulfide) groups is 1. The van der Waals surface area contributed by atoms with Crippen LogP contribution in [0.5, 0.6) is 5.75 Å². The fourth-order valence-corrected chi connectivity index (χ4v) is 3.42. The molecule has 0 saturated heterocycles. The summed E-state index contributed by atoms with van der Waals surface area (Å²) in [5.74, 6) is 2.43. The first-order valence-corrected chi connectivity index (χ1v) is 9.45. The zero-order chi connectivity index (χ0) is 18.5. The summed E-state index contributed by atoms with van der Waals surface area (Å²) in [5.41, 5.74) is 2.10. The highest BCUT2D eigenvalue weighted by molar-refractivity contribution is 7.98. The molecule has 0 spiro atoms. The monoisotopic (exact) mass is 378 g/mol. The summed E-state index contributed by atoms with van der Waals surface area (Å²) in [6.45, 7) is 0.782. The quantitative estimate of drug-likeness (QED) is 0.447. The van der Waals surface area contributed by atoms with Crippen molar-refractivity contribution in [1.29, 1.82) is 0 Å². The molecule has 0 radical (unpaired) electrons. The van der Waals surface area contributed by atoms with Crippen molar-refractivity contribution in [3.05, 3.63) is 78.4 Å². The number of hydrogen-bond donors (Lipinski definition) is 0. The second kappa shape index (κ2) is 8.09. The minimum absolute atomic E-state index is 0.501. The molecular formula is C20H18N4O2S. The number of methoxy groups -OCH3 is 1. The molecular weight excluding hydrogens is 360 g/mol. The van der Waals surface area contributed by atoms with Gasteiger partial charge in [-0.25, -0.2) is 4.98 Å². The molecule has 0 aliphatic carbocycles. The third-order valence-corrected chi connectivity index (χ3v) is 4.99. The van der Waals surface area contributed by atoms with E-state index in [4.69, 9.17) is 9.15 Å². The van der Waals surface area contributed by atoms with Crippen LogP contribution in [0.4, 0.5) is 0 Å². The van der Waals surface area contributed by atoms with E-state index in [2.05, 4.69) is 31.9 Å². The number of imidazole rings is 1. The number of ether oxygens (including phenoxy) is 1. The van der Waals surface area contributed by atoms with Gasteiger partial charge in [-0.15, -0.1) is 10.2 Å². The number of hydrogen-bond acceptors (Lipinski definition) is 6. The van der Waals surface area contributed by atoms with Crippen LogP contribution in [-0.2, 0) is 12.3 Å². The van der Waals surface area contributed by atoms with Gasteiger partial charge < -0.3 is 13.7 Å². The fraction of sp³-hybridized carbons (Fsp3) is 0.150. The van der Waals surface area contributed by atoms with Gasteiger partial charge in [0, 0.05) is 24.5 Å². The molecule has 136 valence electrons. The first-order valence-electron chi connectivity index (χ1n) is 8.46. The van der Waals surface area contributed by atoms with Gasteiger partial charge in [-0.3, -0.25) is 0 Å². The van der Waals surface area contributed by atoms with E-state index >= 15 is 0 Å². The highest BCUT2D eigenvalue weighted by Crippen LogP contribution is 2.25. The standard InChI is InChI=1S/C20H18N4O2S/c1-25-17-9-7-16(8-10-17)19-23-22-18(26-19)14-27-20-21-11-12-24(20)13-15-5-3-2-4-6-15/h2-12H,13-14H2,1H3. The summed E-state index contributed by atoms with van der Waals surface area (Å²) >= 11 is 1.58. The van der Waals surface area contributed by atoms with E-state index in [1.807, 2.05) is 54.9 Å². The van der Waals surface area contributed by atoms with Gasteiger partial charge >= 0.3 is 0 Å². The van der Waals surface area contributed by atoms with Crippen LogP contribution >= 0.6 is 11.8 Å². The molecule has 0 unspecified atom stereocenters. The van der Waals surface area contributed by atoms with E-state index in [0.29, 0.717) is 17.5 Å². The Morgan fingerprint density at radius 1 is 1.04 bits per heavy atom. The maximum atomic E-state index is 5.78. The molecule has 4 aromatic rings. The summed E-state index contributed by atoms with van der Waals surface area (Å²) in [7, 11) is 1.64. The third-order valence-electron chi connectivity index (χ3n) is 4.00.